The molecule has 0 amide bonds. The quantitative estimate of drug-likeness (QED) is 0.353. The fourth-order valence-corrected chi connectivity index (χ4v) is 3.40. The SMILES string of the molecule is Cc1ccc(OCCCCOc2cc(C(=O)OC3CCCCC3)ccc2N)cc1. The Morgan fingerprint density at radius 2 is 1.66 bits per heavy atom. The monoisotopic (exact) mass is 397 g/mol. The Labute approximate surface area is 173 Å². The van der Waals surface area contributed by atoms with E-state index in [-0.39, 0.29) is 12.1 Å². The Morgan fingerprint density at radius 3 is 2.38 bits per heavy atom. The van der Waals surface area contributed by atoms with Crippen molar-refractivity contribution in [2.24, 2.45) is 0 Å². The van der Waals surface area contributed by atoms with Crippen LogP contribution in [0.15, 0.2) is 42.5 Å². The molecule has 0 heterocycles. The summed E-state index contributed by atoms with van der Waals surface area (Å²) >= 11 is 0. The molecule has 3 rings (SSSR count). The molecule has 5 nitrogen and oxygen atoms in total. The van der Waals surface area contributed by atoms with E-state index in [4.69, 9.17) is 19.9 Å². The molecule has 0 aliphatic heterocycles. The van der Waals surface area contributed by atoms with Gasteiger partial charge in [0, 0.05) is 0 Å². The van der Waals surface area contributed by atoms with Gasteiger partial charge in [0.25, 0.3) is 0 Å². The van der Waals surface area contributed by atoms with E-state index < -0.39 is 0 Å². The predicted octanol–water partition coefficient (Wildman–Crippen LogP) is 5.30. The zero-order chi connectivity index (χ0) is 20.5. The van der Waals surface area contributed by atoms with Gasteiger partial charge in [0.2, 0.25) is 0 Å². The summed E-state index contributed by atoms with van der Waals surface area (Å²) < 4.78 is 17.1. The Balaban J connectivity index is 1.41. The fraction of sp³-hybridized carbons (Fsp3) is 0.458. The maximum atomic E-state index is 12.4. The number of hydrogen-bond donors (Lipinski definition) is 1. The van der Waals surface area contributed by atoms with Crippen molar-refractivity contribution in [1.29, 1.82) is 0 Å². The molecule has 1 aliphatic carbocycles. The summed E-state index contributed by atoms with van der Waals surface area (Å²) in [6.07, 6.45) is 7.13. The van der Waals surface area contributed by atoms with Crippen LogP contribution in [0.2, 0.25) is 0 Å². The number of esters is 1. The lowest BCUT2D eigenvalue weighted by atomic mass is 9.98. The minimum Gasteiger partial charge on any atom is -0.494 e. The molecule has 0 atom stereocenters. The van der Waals surface area contributed by atoms with Gasteiger partial charge in [0.15, 0.2) is 0 Å². The van der Waals surface area contributed by atoms with Crippen molar-refractivity contribution in [2.45, 2.75) is 58.0 Å². The van der Waals surface area contributed by atoms with Crippen molar-refractivity contribution >= 4 is 11.7 Å². The Morgan fingerprint density at radius 1 is 0.966 bits per heavy atom. The van der Waals surface area contributed by atoms with E-state index in [1.54, 1.807) is 18.2 Å². The summed E-state index contributed by atoms with van der Waals surface area (Å²) in [5.41, 5.74) is 8.23. The van der Waals surface area contributed by atoms with Gasteiger partial charge in [0.05, 0.1) is 24.5 Å². The molecule has 1 aliphatic rings. The topological polar surface area (TPSA) is 70.8 Å². The zero-order valence-corrected chi connectivity index (χ0v) is 17.2. The first-order valence-electron chi connectivity index (χ1n) is 10.5. The van der Waals surface area contributed by atoms with Crippen LogP contribution >= 0.6 is 0 Å². The van der Waals surface area contributed by atoms with Crippen molar-refractivity contribution in [3.8, 4) is 11.5 Å². The van der Waals surface area contributed by atoms with Crippen LogP contribution in [0.3, 0.4) is 0 Å². The van der Waals surface area contributed by atoms with Crippen LogP contribution in [0.25, 0.3) is 0 Å². The van der Waals surface area contributed by atoms with Crippen molar-refractivity contribution < 1.29 is 19.0 Å². The maximum absolute atomic E-state index is 12.4. The van der Waals surface area contributed by atoms with Gasteiger partial charge in [-0.05, 0) is 75.8 Å². The summed E-state index contributed by atoms with van der Waals surface area (Å²) in [5.74, 6) is 1.11. The predicted molar refractivity (Wildman–Crippen MR) is 115 cm³/mol. The van der Waals surface area contributed by atoms with Crippen molar-refractivity contribution in [2.75, 3.05) is 18.9 Å². The molecular weight excluding hydrogens is 366 g/mol. The van der Waals surface area contributed by atoms with Gasteiger partial charge >= 0.3 is 5.97 Å². The third kappa shape index (κ3) is 6.70. The molecule has 0 aromatic heterocycles. The van der Waals surface area contributed by atoms with E-state index >= 15 is 0 Å². The van der Waals surface area contributed by atoms with Crippen LogP contribution in [0.5, 0.6) is 11.5 Å². The zero-order valence-electron chi connectivity index (χ0n) is 17.2. The third-order valence-electron chi connectivity index (χ3n) is 5.16. The summed E-state index contributed by atoms with van der Waals surface area (Å²) in [6, 6.07) is 13.1. The van der Waals surface area contributed by atoms with E-state index in [9.17, 15) is 4.79 Å². The van der Waals surface area contributed by atoms with E-state index in [1.807, 2.05) is 24.3 Å². The number of unbranched alkanes of at least 4 members (excludes halogenated alkanes) is 1. The highest BCUT2D eigenvalue weighted by Crippen LogP contribution is 2.26. The molecule has 1 saturated carbocycles. The number of nitrogen functional groups attached to an aromatic ring is 1. The molecule has 2 N–H and O–H groups in total. The average molecular weight is 398 g/mol. The second kappa shape index (κ2) is 10.7. The molecule has 5 heteroatoms. The molecule has 2 aromatic carbocycles. The highest BCUT2D eigenvalue weighted by molar-refractivity contribution is 5.90. The molecule has 1 fully saturated rings. The van der Waals surface area contributed by atoms with E-state index in [0.717, 1.165) is 44.3 Å². The van der Waals surface area contributed by atoms with Crippen molar-refractivity contribution in [1.82, 2.24) is 0 Å². The number of aryl methyl sites for hydroxylation is 1. The van der Waals surface area contributed by atoms with Crippen LogP contribution in [0, 0.1) is 6.92 Å². The first-order chi connectivity index (χ1) is 14.1. The Hall–Kier alpha value is -2.69. The molecule has 156 valence electrons. The minimum atomic E-state index is -0.298. The lowest BCUT2D eigenvalue weighted by molar-refractivity contribution is 0.0211. The number of carbonyl (C=O) groups is 1. The van der Waals surface area contributed by atoms with Gasteiger partial charge in [-0.2, -0.15) is 0 Å². The second-order valence-electron chi connectivity index (χ2n) is 7.64. The number of benzene rings is 2. The number of anilines is 1. The van der Waals surface area contributed by atoms with Gasteiger partial charge in [-0.15, -0.1) is 0 Å². The first kappa shape index (κ1) is 21.0. The fourth-order valence-electron chi connectivity index (χ4n) is 3.40. The molecule has 2 aromatic rings. The lowest BCUT2D eigenvalue weighted by Gasteiger charge is -2.22. The van der Waals surface area contributed by atoms with Crippen molar-refractivity contribution in [3.05, 3.63) is 53.6 Å². The van der Waals surface area contributed by atoms with Crippen LogP contribution in [-0.4, -0.2) is 25.3 Å². The summed E-state index contributed by atoms with van der Waals surface area (Å²) in [5, 5.41) is 0. The number of ether oxygens (including phenoxy) is 3. The molecular formula is C24H31NO4. The standard InChI is InChI=1S/C24H31NO4/c1-18-9-12-20(13-10-18)27-15-5-6-16-28-23-17-19(11-14-22(23)25)24(26)29-21-7-3-2-4-8-21/h9-14,17,21H,2-8,15-16,25H2,1H3. The van der Waals surface area contributed by atoms with Crippen molar-refractivity contribution in [3.63, 3.8) is 0 Å². The van der Waals surface area contributed by atoms with E-state index in [0.29, 0.717) is 30.2 Å². The number of rotatable bonds is 9. The molecule has 0 bridgehead atoms. The maximum Gasteiger partial charge on any atom is 0.338 e. The minimum absolute atomic E-state index is 0.0340. The molecule has 0 spiro atoms. The first-order valence-corrected chi connectivity index (χ1v) is 10.5. The molecule has 0 radical (unpaired) electrons. The molecule has 0 saturated heterocycles. The smallest absolute Gasteiger partial charge is 0.338 e. The van der Waals surface area contributed by atoms with Crippen LogP contribution in [0.4, 0.5) is 5.69 Å². The average Bonchev–Trinajstić information content (AvgIpc) is 2.73. The number of hydrogen-bond acceptors (Lipinski definition) is 5. The number of carbonyl (C=O) groups excluding carboxylic acids is 1. The largest absolute Gasteiger partial charge is 0.494 e. The summed E-state index contributed by atoms with van der Waals surface area (Å²) in [6.45, 7) is 3.20. The van der Waals surface area contributed by atoms with Crippen LogP contribution in [-0.2, 0) is 4.74 Å². The highest BCUT2D eigenvalue weighted by atomic mass is 16.5. The van der Waals surface area contributed by atoms with Crippen LogP contribution in [0.1, 0.15) is 60.9 Å². The van der Waals surface area contributed by atoms with Gasteiger partial charge in [-0.25, -0.2) is 4.79 Å². The molecule has 29 heavy (non-hydrogen) atoms. The molecule has 0 unspecified atom stereocenters. The van der Waals surface area contributed by atoms with E-state index in [2.05, 4.69) is 6.92 Å². The van der Waals surface area contributed by atoms with Gasteiger partial charge < -0.3 is 19.9 Å². The lowest BCUT2D eigenvalue weighted by Crippen LogP contribution is -2.21. The Kier molecular flexibility index (Phi) is 7.79. The summed E-state index contributed by atoms with van der Waals surface area (Å²) in [4.78, 5) is 12.4. The normalized spacial score (nSPS) is 14.4. The second-order valence-corrected chi connectivity index (χ2v) is 7.64. The van der Waals surface area contributed by atoms with Gasteiger partial charge in [0.1, 0.15) is 17.6 Å². The van der Waals surface area contributed by atoms with Crippen LogP contribution < -0.4 is 15.2 Å². The number of nitrogens with two attached hydrogens (primary N) is 1. The van der Waals surface area contributed by atoms with E-state index in [1.165, 1.54) is 12.0 Å². The Bertz CT molecular complexity index is 782. The van der Waals surface area contributed by atoms with Gasteiger partial charge in [-0.1, -0.05) is 24.1 Å². The third-order valence-corrected chi connectivity index (χ3v) is 5.16. The summed E-state index contributed by atoms with van der Waals surface area (Å²) in [7, 11) is 0. The van der Waals surface area contributed by atoms with Gasteiger partial charge in [-0.3, -0.25) is 0 Å². The highest BCUT2D eigenvalue weighted by Gasteiger charge is 2.19.